The summed E-state index contributed by atoms with van der Waals surface area (Å²) in [7, 11) is 0. The first kappa shape index (κ1) is 13.9. The molecule has 1 aromatic carbocycles. The first-order chi connectivity index (χ1) is 8.13. The average Bonchev–Trinajstić information content (AvgIpc) is 2.27. The van der Waals surface area contributed by atoms with E-state index in [4.69, 9.17) is 22.8 Å². The van der Waals surface area contributed by atoms with Crippen molar-refractivity contribution >= 4 is 11.6 Å². The zero-order chi connectivity index (χ0) is 12.7. The third-order valence-corrected chi connectivity index (χ3v) is 2.48. The lowest BCUT2D eigenvalue weighted by Gasteiger charge is -2.09. The maximum absolute atomic E-state index is 6.09. The molecule has 1 N–H and O–H groups in total. The summed E-state index contributed by atoms with van der Waals surface area (Å²) in [5.41, 5.74) is 1.14. The fraction of sp³-hybridized carbons (Fsp3) is 0.429. The van der Waals surface area contributed by atoms with Crippen LogP contribution in [0.5, 0.6) is 5.75 Å². The highest BCUT2D eigenvalue weighted by atomic mass is 35.5. The van der Waals surface area contributed by atoms with Gasteiger partial charge in [-0.05, 0) is 30.2 Å². The van der Waals surface area contributed by atoms with Gasteiger partial charge < -0.3 is 10.1 Å². The third-order valence-electron chi connectivity index (χ3n) is 2.19. The van der Waals surface area contributed by atoms with Crippen LogP contribution in [-0.4, -0.2) is 13.2 Å². The summed E-state index contributed by atoms with van der Waals surface area (Å²) in [5, 5.41) is 3.96. The van der Waals surface area contributed by atoms with Crippen molar-refractivity contribution in [1.29, 1.82) is 0 Å². The van der Waals surface area contributed by atoms with Crippen LogP contribution in [0.2, 0.25) is 5.02 Å². The fourth-order valence-electron chi connectivity index (χ4n) is 1.40. The van der Waals surface area contributed by atoms with E-state index in [0.717, 1.165) is 18.7 Å². The van der Waals surface area contributed by atoms with E-state index in [-0.39, 0.29) is 6.61 Å². The lowest BCUT2D eigenvalue weighted by molar-refractivity contribution is 0.370. The normalized spacial score (nSPS) is 10.3. The van der Waals surface area contributed by atoms with Gasteiger partial charge in [-0.1, -0.05) is 37.4 Å². The maximum atomic E-state index is 6.09. The summed E-state index contributed by atoms with van der Waals surface area (Å²) in [6.07, 6.45) is 5.12. The second-order valence-corrected chi connectivity index (χ2v) is 4.69. The van der Waals surface area contributed by atoms with Gasteiger partial charge in [-0.25, -0.2) is 0 Å². The molecule has 0 amide bonds. The molecule has 0 aliphatic rings. The fourth-order valence-corrected chi connectivity index (χ4v) is 1.65. The van der Waals surface area contributed by atoms with E-state index in [2.05, 4.69) is 25.1 Å². The molecular formula is C14H18ClNO. The van der Waals surface area contributed by atoms with Crippen LogP contribution in [0.4, 0.5) is 0 Å². The molecule has 92 valence electrons. The molecule has 17 heavy (non-hydrogen) atoms. The van der Waals surface area contributed by atoms with Gasteiger partial charge in [0.25, 0.3) is 0 Å². The van der Waals surface area contributed by atoms with Crippen molar-refractivity contribution in [3.63, 3.8) is 0 Å². The highest BCUT2D eigenvalue weighted by molar-refractivity contribution is 6.32. The summed E-state index contributed by atoms with van der Waals surface area (Å²) in [6, 6.07) is 5.75. The van der Waals surface area contributed by atoms with Crippen LogP contribution in [0.25, 0.3) is 0 Å². The molecule has 0 bridgehead atoms. The number of rotatable bonds is 6. The Morgan fingerprint density at radius 3 is 2.82 bits per heavy atom. The molecule has 1 rings (SSSR count). The molecule has 0 aliphatic carbocycles. The third kappa shape index (κ3) is 5.12. The number of ether oxygens (including phenoxy) is 1. The topological polar surface area (TPSA) is 21.3 Å². The molecular weight excluding hydrogens is 234 g/mol. The van der Waals surface area contributed by atoms with Gasteiger partial charge in [0.15, 0.2) is 0 Å². The Kier molecular flexibility index (Phi) is 5.90. The first-order valence-corrected chi connectivity index (χ1v) is 6.06. The molecule has 0 aromatic heterocycles. The van der Waals surface area contributed by atoms with Crippen LogP contribution >= 0.6 is 11.6 Å². The lowest BCUT2D eigenvalue weighted by Crippen LogP contribution is -2.18. The molecule has 0 aliphatic heterocycles. The molecule has 0 spiro atoms. The average molecular weight is 252 g/mol. The van der Waals surface area contributed by atoms with Gasteiger partial charge >= 0.3 is 0 Å². The van der Waals surface area contributed by atoms with E-state index >= 15 is 0 Å². The molecule has 1 aromatic rings. The second-order valence-electron chi connectivity index (χ2n) is 4.28. The largest absolute Gasteiger partial charge is 0.479 e. The summed E-state index contributed by atoms with van der Waals surface area (Å²) in [4.78, 5) is 0. The van der Waals surface area contributed by atoms with Crippen LogP contribution in [0.1, 0.15) is 19.4 Å². The quantitative estimate of drug-likeness (QED) is 0.785. The Morgan fingerprint density at radius 2 is 2.24 bits per heavy atom. The highest BCUT2D eigenvalue weighted by Crippen LogP contribution is 2.25. The minimum absolute atomic E-state index is 0.241. The van der Waals surface area contributed by atoms with Crippen LogP contribution in [0, 0.1) is 18.3 Å². The molecule has 0 radical (unpaired) electrons. The zero-order valence-electron chi connectivity index (χ0n) is 10.3. The molecule has 3 heteroatoms. The number of halogens is 1. The van der Waals surface area contributed by atoms with E-state index in [1.165, 1.54) is 0 Å². The van der Waals surface area contributed by atoms with Crippen LogP contribution < -0.4 is 10.1 Å². The number of hydrogen-bond donors (Lipinski definition) is 1. The van der Waals surface area contributed by atoms with E-state index in [1.807, 2.05) is 18.2 Å². The van der Waals surface area contributed by atoms with E-state index in [9.17, 15) is 0 Å². The van der Waals surface area contributed by atoms with Crippen molar-refractivity contribution < 1.29 is 4.74 Å². The molecule has 0 fully saturated rings. The summed E-state index contributed by atoms with van der Waals surface area (Å²) in [6.45, 7) is 6.40. The second kappa shape index (κ2) is 7.21. The van der Waals surface area contributed by atoms with Gasteiger partial charge in [-0.3, -0.25) is 0 Å². The summed E-state index contributed by atoms with van der Waals surface area (Å²) < 4.78 is 5.30. The van der Waals surface area contributed by atoms with Crippen LogP contribution in [0.3, 0.4) is 0 Å². The minimum Gasteiger partial charge on any atom is -0.479 e. The van der Waals surface area contributed by atoms with Crippen molar-refractivity contribution in [1.82, 2.24) is 5.32 Å². The Hall–Kier alpha value is -1.17. The van der Waals surface area contributed by atoms with E-state index in [0.29, 0.717) is 16.7 Å². The van der Waals surface area contributed by atoms with Gasteiger partial charge in [0.05, 0.1) is 5.02 Å². The minimum atomic E-state index is 0.241. The van der Waals surface area contributed by atoms with Gasteiger partial charge in [0.1, 0.15) is 12.4 Å². The van der Waals surface area contributed by atoms with Gasteiger partial charge in [-0.15, -0.1) is 6.42 Å². The Balaban J connectivity index is 2.53. The monoisotopic (exact) mass is 251 g/mol. The van der Waals surface area contributed by atoms with Gasteiger partial charge in [0.2, 0.25) is 0 Å². The predicted octanol–water partition coefficient (Wildman–Crippen LogP) is 3.10. The van der Waals surface area contributed by atoms with Crippen LogP contribution in [0.15, 0.2) is 18.2 Å². The highest BCUT2D eigenvalue weighted by Gasteiger charge is 2.02. The van der Waals surface area contributed by atoms with Crippen molar-refractivity contribution in [2.75, 3.05) is 13.2 Å². The summed E-state index contributed by atoms with van der Waals surface area (Å²) >= 11 is 6.09. The molecule has 0 saturated carbocycles. The zero-order valence-corrected chi connectivity index (χ0v) is 11.1. The van der Waals surface area contributed by atoms with E-state index in [1.54, 1.807) is 0 Å². The van der Waals surface area contributed by atoms with E-state index < -0.39 is 0 Å². The number of hydrogen-bond acceptors (Lipinski definition) is 2. The molecule has 0 heterocycles. The number of terminal acetylenes is 1. The molecule has 0 saturated heterocycles. The Labute approximate surface area is 108 Å². The summed E-state index contributed by atoms with van der Waals surface area (Å²) in [5.74, 6) is 3.69. The van der Waals surface area contributed by atoms with Crippen molar-refractivity contribution in [3.8, 4) is 18.1 Å². The maximum Gasteiger partial charge on any atom is 0.148 e. The van der Waals surface area contributed by atoms with Crippen molar-refractivity contribution in [2.45, 2.75) is 20.4 Å². The lowest BCUT2D eigenvalue weighted by atomic mass is 10.2. The number of benzene rings is 1. The van der Waals surface area contributed by atoms with Crippen molar-refractivity contribution in [3.05, 3.63) is 28.8 Å². The predicted molar refractivity (Wildman–Crippen MR) is 72.3 cm³/mol. The van der Waals surface area contributed by atoms with Crippen molar-refractivity contribution in [2.24, 2.45) is 5.92 Å². The van der Waals surface area contributed by atoms with Gasteiger partial charge in [0, 0.05) is 6.54 Å². The standard InChI is InChI=1S/C14H18ClNO/c1-4-7-17-14-6-5-12(8-13(14)15)10-16-9-11(2)3/h1,5-6,8,11,16H,7,9-10H2,2-3H3. The smallest absolute Gasteiger partial charge is 0.148 e. The molecule has 0 atom stereocenters. The number of nitrogens with one attached hydrogen (secondary N) is 1. The Morgan fingerprint density at radius 1 is 1.47 bits per heavy atom. The first-order valence-electron chi connectivity index (χ1n) is 5.69. The molecule has 2 nitrogen and oxygen atoms in total. The Bertz CT molecular complexity index is 396. The SMILES string of the molecule is C#CCOc1ccc(CNCC(C)C)cc1Cl. The van der Waals surface area contributed by atoms with Crippen LogP contribution in [-0.2, 0) is 6.54 Å². The van der Waals surface area contributed by atoms with Gasteiger partial charge in [-0.2, -0.15) is 0 Å². The molecule has 0 unspecified atom stereocenters.